The number of rotatable bonds is 3. The van der Waals surface area contributed by atoms with Gasteiger partial charge in [0.2, 0.25) is 0 Å². The van der Waals surface area contributed by atoms with Gasteiger partial charge in [0.05, 0.1) is 23.0 Å². The van der Waals surface area contributed by atoms with E-state index < -0.39 is 5.56 Å². The second-order valence-corrected chi connectivity index (χ2v) is 4.71. The number of hydrogen-bond donors (Lipinski definition) is 3. The number of H-pyrrole nitrogens is 2. The second-order valence-electron chi connectivity index (χ2n) is 4.71. The third-order valence-corrected chi connectivity index (χ3v) is 3.15. The van der Waals surface area contributed by atoms with E-state index in [9.17, 15) is 9.90 Å². The SMILES string of the molecule is N#Cc1ccc(N=Nc2c(-c3cccc(O)c3)[nH][nH]c2=O)cc1. The lowest BCUT2D eigenvalue weighted by atomic mass is 10.1. The molecule has 0 unspecified atom stereocenters. The molecule has 3 aromatic rings. The van der Waals surface area contributed by atoms with Gasteiger partial charge < -0.3 is 5.11 Å². The molecule has 2 aromatic carbocycles. The standard InChI is InChI=1S/C16H11N5O2/c17-9-10-4-6-12(7-5-10)18-20-15-14(19-21-16(15)23)11-2-1-3-13(22)8-11/h1-8,22H,(H2,19,21,23). The summed E-state index contributed by atoms with van der Waals surface area (Å²) in [5, 5.41) is 31.5. The van der Waals surface area contributed by atoms with E-state index in [1.54, 1.807) is 36.4 Å². The maximum atomic E-state index is 11.9. The van der Waals surface area contributed by atoms with E-state index in [4.69, 9.17) is 5.26 Å². The van der Waals surface area contributed by atoms with Crippen LogP contribution in [-0.4, -0.2) is 15.3 Å². The van der Waals surface area contributed by atoms with E-state index in [0.717, 1.165) is 0 Å². The van der Waals surface area contributed by atoms with Gasteiger partial charge in [-0.2, -0.15) is 10.4 Å². The van der Waals surface area contributed by atoms with Crippen LogP contribution in [0, 0.1) is 11.3 Å². The number of nitrogens with zero attached hydrogens (tertiary/aromatic N) is 3. The van der Waals surface area contributed by atoms with Gasteiger partial charge in [0.25, 0.3) is 5.56 Å². The number of azo groups is 1. The molecule has 0 bridgehead atoms. The molecule has 112 valence electrons. The highest BCUT2D eigenvalue weighted by Gasteiger charge is 2.12. The average Bonchev–Trinajstić information content (AvgIpc) is 2.94. The molecule has 0 spiro atoms. The predicted octanol–water partition coefficient (Wildman–Crippen LogP) is 3.36. The Balaban J connectivity index is 1.97. The largest absolute Gasteiger partial charge is 0.508 e. The lowest BCUT2D eigenvalue weighted by molar-refractivity contribution is 0.475. The van der Waals surface area contributed by atoms with Crippen LogP contribution in [0.1, 0.15) is 5.56 Å². The number of aromatic amines is 2. The van der Waals surface area contributed by atoms with Crippen molar-refractivity contribution in [3.8, 4) is 23.1 Å². The van der Waals surface area contributed by atoms with Gasteiger partial charge in [-0.05, 0) is 36.4 Å². The van der Waals surface area contributed by atoms with Crippen molar-refractivity contribution >= 4 is 11.4 Å². The Morgan fingerprint density at radius 2 is 1.83 bits per heavy atom. The number of phenols is 1. The topological polar surface area (TPSA) is 117 Å². The summed E-state index contributed by atoms with van der Waals surface area (Å²) in [7, 11) is 0. The summed E-state index contributed by atoms with van der Waals surface area (Å²) in [6, 6.07) is 15.0. The minimum atomic E-state index is -0.416. The molecule has 0 fully saturated rings. The lowest BCUT2D eigenvalue weighted by Gasteiger charge is -1.99. The van der Waals surface area contributed by atoms with Gasteiger partial charge in [-0.15, -0.1) is 5.11 Å². The predicted molar refractivity (Wildman–Crippen MR) is 83.8 cm³/mol. The average molecular weight is 305 g/mol. The van der Waals surface area contributed by atoms with E-state index >= 15 is 0 Å². The molecule has 7 heteroatoms. The van der Waals surface area contributed by atoms with E-state index in [0.29, 0.717) is 22.5 Å². The molecule has 0 radical (unpaired) electrons. The zero-order valence-corrected chi connectivity index (χ0v) is 11.8. The fraction of sp³-hybridized carbons (Fsp3) is 0. The molecular weight excluding hydrogens is 294 g/mol. The maximum Gasteiger partial charge on any atom is 0.292 e. The highest BCUT2D eigenvalue weighted by molar-refractivity contribution is 5.72. The smallest absolute Gasteiger partial charge is 0.292 e. The third-order valence-electron chi connectivity index (χ3n) is 3.15. The number of phenolic OH excluding ortho intramolecular Hbond substituents is 1. The molecule has 1 heterocycles. The number of aromatic hydroxyl groups is 1. The molecule has 0 amide bonds. The van der Waals surface area contributed by atoms with Crippen molar-refractivity contribution in [1.29, 1.82) is 5.26 Å². The van der Waals surface area contributed by atoms with Crippen LogP contribution in [0.15, 0.2) is 63.6 Å². The number of benzene rings is 2. The Labute approximate surface area is 130 Å². The molecule has 0 aliphatic carbocycles. The zero-order valence-electron chi connectivity index (χ0n) is 11.8. The molecule has 0 saturated carbocycles. The Morgan fingerprint density at radius 3 is 2.52 bits per heavy atom. The van der Waals surface area contributed by atoms with Crippen molar-refractivity contribution in [3.05, 3.63) is 64.4 Å². The first-order valence-electron chi connectivity index (χ1n) is 6.69. The third kappa shape index (κ3) is 3.01. The Morgan fingerprint density at radius 1 is 1.04 bits per heavy atom. The molecule has 0 atom stereocenters. The zero-order chi connectivity index (χ0) is 16.2. The van der Waals surface area contributed by atoms with Crippen molar-refractivity contribution in [3.63, 3.8) is 0 Å². The van der Waals surface area contributed by atoms with Crippen LogP contribution in [-0.2, 0) is 0 Å². The van der Waals surface area contributed by atoms with E-state index in [1.807, 2.05) is 6.07 Å². The molecule has 1 aromatic heterocycles. The van der Waals surface area contributed by atoms with Crippen LogP contribution in [0.25, 0.3) is 11.3 Å². The minimum absolute atomic E-state index is 0.0829. The minimum Gasteiger partial charge on any atom is -0.508 e. The summed E-state index contributed by atoms with van der Waals surface area (Å²) < 4.78 is 0. The molecule has 7 nitrogen and oxygen atoms in total. The van der Waals surface area contributed by atoms with Gasteiger partial charge in [-0.3, -0.25) is 15.0 Å². The van der Waals surface area contributed by atoms with Crippen molar-refractivity contribution in [2.24, 2.45) is 10.2 Å². The molecule has 0 aliphatic rings. The van der Waals surface area contributed by atoms with Gasteiger partial charge >= 0.3 is 0 Å². The first-order chi connectivity index (χ1) is 11.2. The summed E-state index contributed by atoms with van der Waals surface area (Å²) in [6.45, 7) is 0. The normalized spacial score (nSPS) is 10.7. The number of nitrogens with one attached hydrogen (secondary N) is 2. The molecular formula is C16H11N5O2. The molecule has 3 N–H and O–H groups in total. The first kappa shape index (κ1) is 14.3. The number of nitriles is 1. The van der Waals surface area contributed by atoms with Gasteiger partial charge in [0.15, 0.2) is 5.69 Å². The monoisotopic (exact) mass is 305 g/mol. The summed E-state index contributed by atoms with van der Waals surface area (Å²) >= 11 is 0. The summed E-state index contributed by atoms with van der Waals surface area (Å²) in [6.07, 6.45) is 0. The van der Waals surface area contributed by atoms with Crippen LogP contribution >= 0.6 is 0 Å². The van der Waals surface area contributed by atoms with Gasteiger partial charge in [-0.1, -0.05) is 12.1 Å². The van der Waals surface area contributed by atoms with E-state index in [1.165, 1.54) is 12.1 Å². The van der Waals surface area contributed by atoms with E-state index in [2.05, 4.69) is 20.4 Å². The van der Waals surface area contributed by atoms with Crippen LogP contribution < -0.4 is 5.56 Å². The van der Waals surface area contributed by atoms with E-state index in [-0.39, 0.29) is 11.4 Å². The maximum absolute atomic E-state index is 11.9. The highest BCUT2D eigenvalue weighted by atomic mass is 16.3. The molecule has 0 saturated heterocycles. The Bertz CT molecular complexity index is 961. The van der Waals surface area contributed by atoms with Crippen LogP contribution in [0.5, 0.6) is 5.75 Å². The van der Waals surface area contributed by atoms with Crippen LogP contribution in [0.4, 0.5) is 11.4 Å². The quantitative estimate of drug-likeness (QED) is 0.644. The molecule has 23 heavy (non-hydrogen) atoms. The Hall–Kier alpha value is -3.66. The second kappa shape index (κ2) is 5.99. The number of hydrogen-bond acceptors (Lipinski definition) is 5. The fourth-order valence-electron chi connectivity index (χ4n) is 2.03. The molecule has 3 rings (SSSR count). The van der Waals surface area contributed by atoms with Crippen molar-refractivity contribution < 1.29 is 5.11 Å². The van der Waals surface area contributed by atoms with Crippen molar-refractivity contribution in [2.45, 2.75) is 0 Å². The number of aromatic nitrogens is 2. The summed E-state index contributed by atoms with van der Waals surface area (Å²) in [5.41, 5.74) is 1.77. The van der Waals surface area contributed by atoms with Gasteiger partial charge in [0, 0.05) is 5.56 Å². The van der Waals surface area contributed by atoms with Crippen molar-refractivity contribution in [2.75, 3.05) is 0 Å². The van der Waals surface area contributed by atoms with Crippen LogP contribution in [0.3, 0.4) is 0 Å². The van der Waals surface area contributed by atoms with Crippen LogP contribution in [0.2, 0.25) is 0 Å². The highest BCUT2D eigenvalue weighted by Crippen LogP contribution is 2.28. The lowest BCUT2D eigenvalue weighted by Crippen LogP contribution is -1.96. The van der Waals surface area contributed by atoms with Crippen molar-refractivity contribution in [1.82, 2.24) is 10.2 Å². The summed E-state index contributed by atoms with van der Waals surface area (Å²) in [5.74, 6) is 0.0829. The Kier molecular flexibility index (Phi) is 3.72. The van der Waals surface area contributed by atoms with Gasteiger partial charge in [0.1, 0.15) is 5.75 Å². The summed E-state index contributed by atoms with van der Waals surface area (Å²) in [4.78, 5) is 11.9. The fourth-order valence-corrected chi connectivity index (χ4v) is 2.03. The molecule has 0 aliphatic heterocycles. The van der Waals surface area contributed by atoms with Gasteiger partial charge in [-0.25, -0.2) is 0 Å². The first-order valence-corrected chi connectivity index (χ1v) is 6.69.